The Morgan fingerprint density at radius 1 is 1.52 bits per heavy atom. The molecule has 1 aromatic rings. The maximum absolute atomic E-state index is 12.5. The van der Waals surface area contributed by atoms with E-state index in [1.807, 2.05) is 24.1 Å². The number of amides is 1. The monoisotopic (exact) mass is 310 g/mol. The lowest BCUT2D eigenvalue weighted by Gasteiger charge is -2.23. The van der Waals surface area contributed by atoms with Gasteiger partial charge >= 0.3 is 5.97 Å². The number of carboxylic acids is 1. The quantitative estimate of drug-likeness (QED) is 0.875. The molecule has 0 aromatic heterocycles. The summed E-state index contributed by atoms with van der Waals surface area (Å²) in [5, 5.41) is 9.26. The topological polar surface area (TPSA) is 60.9 Å². The first-order chi connectivity index (χ1) is 9.99. The molecule has 1 heterocycles. The van der Waals surface area contributed by atoms with Gasteiger partial charge in [-0.2, -0.15) is 0 Å². The molecule has 1 fully saturated rings. The minimum atomic E-state index is -0.804. The van der Waals surface area contributed by atoms with E-state index in [1.165, 1.54) is 0 Å². The smallest absolute Gasteiger partial charge is 0.303 e. The Morgan fingerprint density at radius 2 is 2.29 bits per heavy atom. The number of benzene rings is 1. The summed E-state index contributed by atoms with van der Waals surface area (Å²) < 4.78 is 0. The van der Waals surface area contributed by atoms with Crippen LogP contribution in [0.4, 0.5) is 5.69 Å². The first kappa shape index (κ1) is 15.8. The fraction of sp³-hybridized carbons (Fsp3) is 0.467. The van der Waals surface area contributed by atoms with E-state index in [0.29, 0.717) is 24.5 Å². The van der Waals surface area contributed by atoms with Gasteiger partial charge in [0.2, 0.25) is 5.91 Å². The summed E-state index contributed by atoms with van der Waals surface area (Å²) in [6, 6.07) is 7.08. The molecule has 1 saturated heterocycles. The van der Waals surface area contributed by atoms with Gasteiger partial charge in [0.15, 0.2) is 0 Å². The summed E-state index contributed by atoms with van der Waals surface area (Å²) in [6.07, 6.45) is 1.42. The van der Waals surface area contributed by atoms with Crippen molar-refractivity contribution < 1.29 is 14.7 Å². The molecule has 1 aliphatic rings. The van der Waals surface area contributed by atoms with Crippen molar-refractivity contribution in [1.29, 1.82) is 0 Å². The number of nitrogens with zero attached hydrogens (tertiary/aromatic N) is 2. The molecule has 114 valence electrons. The average molecular weight is 311 g/mol. The van der Waals surface area contributed by atoms with Crippen LogP contribution in [-0.2, 0) is 9.59 Å². The summed E-state index contributed by atoms with van der Waals surface area (Å²) >= 11 is 5.96. The van der Waals surface area contributed by atoms with Gasteiger partial charge in [-0.25, -0.2) is 0 Å². The molecule has 5 nitrogen and oxygen atoms in total. The van der Waals surface area contributed by atoms with Crippen LogP contribution in [0, 0.1) is 0 Å². The van der Waals surface area contributed by atoms with E-state index in [4.69, 9.17) is 16.7 Å². The minimum absolute atomic E-state index is 0.0510. The Kier molecular flexibility index (Phi) is 5.20. The van der Waals surface area contributed by atoms with Crippen molar-refractivity contribution >= 4 is 29.2 Å². The fourth-order valence-corrected chi connectivity index (χ4v) is 2.79. The Hall–Kier alpha value is -1.59. The molecular weight excluding hydrogens is 292 g/mol. The summed E-state index contributed by atoms with van der Waals surface area (Å²) in [5.74, 6) is -0.753. The second kappa shape index (κ2) is 6.91. The van der Waals surface area contributed by atoms with Crippen molar-refractivity contribution in [2.45, 2.75) is 25.3 Å². The van der Waals surface area contributed by atoms with Gasteiger partial charge < -0.3 is 10.0 Å². The molecule has 0 radical (unpaired) electrons. The van der Waals surface area contributed by atoms with Crippen LogP contribution in [0.25, 0.3) is 0 Å². The average Bonchev–Trinajstić information content (AvgIpc) is 2.80. The third-order valence-electron chi connectivity index (χ3n) is 3.73. The largest absolute Gasteiger partial charge is 0.481 e. The highest BCUT2D eigenvalue weighted by atomic mass is 35.5. The number of hydrogen-bond acceptors (Lipinski definition) is 3. The molecule has 6 heteroatoms. The van der Waals surface area contributed by atoms with Crippen LogP contribution in [0.2, 0.25) is 5.02 Å². The molecule has 1 N–H and O–H groups in total. The van der Waals surface area contributed by atoms with Crippen molar-refractivity contribution in [3.05, 3.63) is 29.3 Å². The van der Waals surface area contributed by atoms with Crippen molar-refractivity contribution in [1.82, 2.24) is 4.90 Å². The normalized spacial score (nSPS) is 18.5. The van der Waals surface area contributed by atoms with E-state index >= 15 is 0 Å². The number of halogens is 1. The lowest BCUT2D eigenvalue weighted by molar-refractivity contribution is -0.137. The molecule has 2 rings (SSSR count). The number of anilines is 1. The van der Waals surface area contributed by atoms with Crippen LogP contribution in [0.15, 0.2) is 24.3 Å². The molecule has 0 spiro atoms. The third kappa shape index (κ3) is 3.95. The molecule has 1 amide bonds. The van der Waals surface area contributed by atoms with E-state index < -0.39 is 5.97 Å². The maximum Gasteiger partial charge on any atom is 0.303 e. The number of rotatable bonds is 6. The number of carbonyl (C=O) groups is 2. The van der Waals surface area contributed by atoms with Gasteiger partial charge in [-0.05, 0) is 44.6 Å². The van der Waals surface area contributed by atoms with Crippen molar-refractivity contribution in [2.24, 2.45) is 0 Å². The van der Waals surface area contributed by atoms with E-state index in [1.54, 1.807) is 17.0 Å². The fourth-order valence-electron chi connectivity index (χ4n) is 2.61. The van der Waals surface area contributed by atoms with Gasteiger partial charge in [0.25, 0.3) is 0 Å². The molecule has 1 atom stereocenters. The molecule has 1 aliphatic heterocycles. The Bertz CT molecular complexity index is 535. The molecule has 0 saturated carbocycles. The van der Waals surface area contributed by atoms with Gasteiger partial charge in [-0.1, -0.05) is 17.7 Å². The van der Waals surface area contributed by atoms with E-state index in [-0.39, 0.29) is 18.4 Å². The maximum atomic E-state index is 12.5. The number of aliphatic carboxylic acids is 1. The second-order valence-corrected chi connectivity index (χ2v) is 5.69. The first-order valence-electron chi connectivity index (χ1n) is 6.98. The van der Waals surface area contributed by atoms with E-state index in [2.05, 4.69) is 0 Å². The lowest BCUT2D eigenvalue weighted by atomic mass is 10.2. The molecule has 0 bridgehead atoms. The van der Waals surface area contributed by atoms with Crippen LogP contribution < -0.4 is 4.90 Å². The van der Waals surface area contributed by atoms with E-state index in [9.17, 15) is 9.59 Å². The standard InChI is InChI=1S/C15H19ClN2O3/c1-17(8-3-6-14(19)20)13-7-9-18(15(13)21)12-5-2-4-11(16)10-12/h2,4-5,10,13H,3,6-9H2,1H3,(H,19,20). The predicted molar refractivity (Wildman–Crippen MR) is 81.7 cm³/mol. The van der Waals surface area contributed by atoms with Gasteiger partial charge in [0.05, 0.1) is 6.04 Å². The molecule has 1 aromatic carbocycles. The second-order valence-electron chi connectivity index (χ2n) is 5.25. The predicted octanol–water partition coefficient (Wildman–Crippen LogP) is 2.24. The summed E-state index contributed by atoms with van der Waals surface area (Å²) in [4.78, 5) is 26.7. The van der Waals surface area contributed by atoms with Crippen molar-refractivity contribution in [2.75, 3.05) is 25.0 Å². The van der Waals surface area contributed by atoms with E-state index in [0.717, 1.165) is 12.1 Å². The van der Waals surface area contributed by atoms with Gasteiger partial charge in [0.1, 0.15) is 0 Å². The van der Waals surface area contributed by atoms with Crippen LogP contribution >= 0.6 is 11.6 Å². The zero-order chi connectivity index (χ0) is 15.4. The summed E-state index contributed by atoms with van der Waals surface area (Å²) in [6.45, 7) is 1.26. The highest BCUT2D eigenvalue weighted by Crippen LogP contribution is 2.26. The Labute approximate surface area is 129 Å². The first-order valence-corrected chi connectivity index (χ1v) is 7.36. The highest BCUT2D eigenvalue weighted by molar-refractivity contribution is 6.30. The molecule has 0 aliphatic carbocycles. The van der Waals surface area contributed by atoms with Crippen molar-refractivity contribution in [3.63, 3.8) is 0 Å². The zero-order valence-electron chi connectivity index (χ0n) is 12.0. The SMILES string of the molecule is CN(CCCC(=O)O)C1CCN(c2cccc(Cl)c2)C1=O. The van der Waals surface area contributed by atoms with Crippen molar-refractivity contribution in [3.8, 4) is 0 Å². The van der Waals surface area contributed by atoms with Crippen LogP contribution in [-0.4, -0.2) is 48.1 Å². The zero-order valence-corrected chi connectivity index (χ0v) is 12.7. The van der Waals surface area contributed by atoms with Gasteiger partial charge in [0, 0.05) is 23.7 Å². The number of carbonyl (C=O) groups excluding carboxylic acids is 1. The number of hydrogen-bond donors (Lipinski definition) is 1. The molecular formula is C15H19ClN2O3. The van der Waals surface area contributed by atoms with Crippen LogP contribution in [0.5, 0.6) is 0 Å². The number of carboxylic acid groups (broad SMARTS) is 1. The number of likely N-dealkylation sites (N-methyl/N-ethyl adjacent to an activating group) is 1. The Morgan fingerprint density at radius 3 is 2.95 bits per heavy atom. The highest BCUT2D eigenvalue weighted by Gasteiger charge is 2.34. The molecule has 1 unspecified atom stereocenters. The molecule has 21 heavy (non-hydrogen) atoms. The lowest BCUT2D eigenvalue weighted by Crippen LogP contribution is -2.40. The summed E-state index contributed by atoms with van der Waals surface area (Å²) in [5.41, 5.74) is 0.814. The third-order valence-corrected chi connectivity index (χ3v) is 3.97. The van der Waals surface area contributed by atoms with Gasteiger partial charge in [-0.3, -0.25) is 14.5 Å². The Balaban J connectivity index is 1.96. The van der Waals surface area contributed by atoms with Crippen LogP contribution in [0.3, 0.4) is 0 Å². The summed E-state index contributed by atoms with van der Waals surface area (Å²) in [7, 11) is 1.87. The minimum Gasteiger partial charge on any atom is -0.481 e. The van der Waals surface area contributed by atoms with Gasteiger partial charge in [-0.15, -0.1) is 0 Å². The van der Waals surface area contributed by atoms with Crippen LogP contribution in [0.1, 0.15) is 19.3 Å².